The summed E-state index contributed by atoms with van der Waals surface area (Å²) < 4.78 is 26.6. The number of hydrogen-bond donors (Lipinski definition) is 1. The molecule has 5 heteroatoms. The summed E-state index contributed by atoms with van der Waals surface area (Å²) in [6, 6.07) is 4.81. The number of nitrogens with one attached hydrogen (secondary N) is 1. The maximum absolute atomic E-state index is 13.7. The largest absolute Gasteiger partial charge is 0.345 e. The van der Waals surface area contributed by atoms with E-state index in [0.29, 0.717) is 4.88 Å². The van der Waals surface area contributed by atoms with Gasteiger partial charge in [-0.1, -0.05) is 6.07 Å². The number of benzene rings is 1. The van der Waals surface area contributed by atoms with Gasteiger partial charge in [0.1, 0.15) is 11.6 Å². The van der Waals surface area contributed by atoms with E-state index in [-0.39, 0.29) is 11.5 Å². The third kappa shape index (κ3) is 2.83. The van der Waals surface area contributed by atoms with E-state index in [2.05, 4.69) is 5.32 Å². The molecule has 0 bridgehead atoms. The van der Waals surface area contributed by atoms with Crippen molar-refractivity contribution in [2.45, 2.75) is 32.2 Å². The van der Waals surface area contributed by atoms with Gasteiger partial charge in [-0.15, -0.1) is 11.3 Å². The molecule has 1 aromatic carbocycles. The first-order chi connectivity index (χ1) is 10.0. The first-order valence-corrected chi connectivity index (χ1v) is 7.73. The minimum Gasteiger partial charge on any atom is -0.345 e. The van der Waals surface area contributed by atoms with Gasteiger partial charge >= 0.3 is 0 Å². The van der Waals surface area contributed by atoms with Crippen LogP contribution < -0.4 is 5.32 Å². The maximum Gasteiger partial charge on any atom is 0.261 e. The van der Waals surface area contributed by atoms with Crippen molar-refractivity contribution in [3.8, 4) is 0 Å². The van der Waals surface area contributed by atoms with Gasteiger partial charge in [0, 0.05) is 16.5 Å². The zero-order valence-corrected chi connectivity index (χ0v) is 12.4. The van der Waals surface area contributed by atoms with E-state index in [1.165, 1.54) is 33.9 Å². The number of fused-ring (bicyclic) bond motifs is 1. The Labute approximate surface area is 125 Å². The highest BCUT2D eigenvalue weighted by Crippen LogP contribution is 2.31. The van der Waals surface area contributed by atoms with Crippen LogP contribution in [0.4, 0.5) is 8.78 Å². The molecule has 1 amide bonds. The van der Waals surface area contributed by atoms with Crippen molar-refractivity contribution in [2.24, 2.45) is 0 Å². The van der Waals surface area contributed by atoms with Crippen LogP contribution in [0.25, 0.3) is 0 Å². The number of aryl methyl sites for hydroxylation is 2. The van der Waals surface area contributed by atoms with Crippen molar-refractivity contribution in [3.63, 3.8) is 0 Å². The van der Waals surface area contributed by atoms with Gasteiger partial charge in [-0.2, -0.15) is 0 Å². The number of carbonyl (C=O) groups is 1. The lowest BCUT2D eigenvalue weighted by molar-refractivity contribution is 0.0943. The van der Waals surface area contributed by atoms with Crippen LogP contribution in [0.2, 0.25) is 0 Å². The second-order valence-corrected chi connectivity index (χ2v) is 6.41. The van der Waals surface area contributed by atoms with Crippen LogP contribution in [0.1, 0.15) is 45.1 Å². The van der Waals surface area contributed by atoms with E-state index in [4.69, 9.17) is 0 Å². The quantitative estimate of drug-likeness (QED) is 0.912. The lowest BCUT2D eigenvalue weighted by Crippen LogP contribution is -2.26. The lowest BCUT2D eigenvalue weighted by Gasteiger charge is -2.14. The molecule has 0 spiro atoms. The van der Waals surface area contributed by atoms with Crippen molar-refractivity contribution in [1.82, 2.24) is 5.32 Å². The highest BCUT2D eigenvalue weighted by Gasteiger charge is 2.20. The van der Waals surface area contributed by atoms with Crippen LogP contribution in [0.5, 0.6) is 0 Å². The molecule has 1 aliphatic carbocycles. The van der Waals surface area contributed by atoms with Crippen LogP contribution in [0.3, 0.4) is 0 Å². The van der Waals surface area contributed by atoms with Gasteiger partial charge < -0.3 is 5.32 Å². The number of hydrogen-bond acceptors (Lipinski definition) is 2. The number of thiophene rings is 1. The average molecular weight is 307 g/mol. The Hall–Kier alpha value is -1.75. The monoisotopic (exact) mass is 307 g/mol. The van der Waals surface area contributed by atoms with E-state index >= 15 is 0 Å². The molecule has 2 aromatic rings. The molecule has 1 atom stereocenters. The summed E-state index contributed by atoms with van der Waals surface area (Å²) in [6.45, 7) is 1.69. The van der Waals surface area contributed by atoms with E-state index < -0.39 is 17.7 Å². The summed E-state index contributed by atoms with van der Waals surface area (Å²) in [4.78, 5) is 14.2. The van der Waals surface area contributed by atoms with Crippen LogP contribution in [-0.4, -0.2) is 5.91 Å². The molecule has 0 saturated carbocycles. The maximum atomic E-state index is 13.7. The van der Waals surface area contributed by atoms with Gasteiger partial charge in [0.15, 0.2) is 0 Å². The van der Waals surface area contributed by atoms with Crippen molar-refractivity contribution < 1.29 is 13.6 Å². The molecule has 1 N–H and O–H groups in total. The molecule has 3 rings (SSSR count). The van der Waals surface area contributed by atoms with Gasteiger partial charge in [-0.05, 0) is 43.9 Å². The van der Waals surface area contributed by atoms with Crippen molar-refractivity contribution in [1.29, 1.82) is 0 Å². The summed E-state index contributed by atoms with van der Waals surface area (Å²) in [5.74, 6) is -1.47. The second-order valence-electron chi connectivity index (χ2n) is 5.27. The molecular formula is C16H15F2NOS. The highest BCUT2D eigenvalue weighted by atomic mass is 32.1. The average Bonchev–Trinajstić information content (AvgIpc) is 2.98. The van der Waals surface area contributed by atoms with Crippen LogP contribution >= 0.6 is 11.3 Å². The fraction of sp³-hybridized carbons (Fsp3) is 0.312. The standard InChI is InChI=1S/C16H15F2NOS/c1-9(12-6-5-11(17)8-13(12)18)19-16(20)15-7-10-3-2-4-14(10)21-15/h5-9H,2-4H2,1H3,(H,19,20)/t9-/m0/s1. The molecule has 1 aromatic heterocycles. The lowest BCUT2D eigenvalue weighted by atomic mass is 10.1. The van der Waals surface area contributed by atoms with Gasteiger partial charge in [-0.25, -0.2) is 8.78 Å². The van der Waals surface area contributed by atoms with Crippen molar-refractivity contribution in [2.75, 3.05) is 0 Å². The zero-order valence-electron chi connectivity index (χ0n) is 11.6. The first-order valence-electron chi connectivity index (χ1n) is 6.92. The molecule has 0 saturated heterocycles. The Morgan fingerprint density at radius 1 is 1.29 bits per heavy atom. The molecule has 0 fully saturated rings. The fourth-order valence-electron chi connectivity index (χ4n) is 2.64. The minimum atomic E-state index is -0.642. The molecular weight excluding hydrogens is 292 g/mol. The van der Waals surface area contributed by atoms with Gasteiger partial charge in [0.05, 0.1) is 10.9 Å². The van der Waals surface area contributed by atoms with E-state index in [1.807, 2.05) is 6.07 Å². The van der Waals surface area contributed by atoms with Crippen molar-refractivity contribution >= 4 is 17.2 Å². The number of halogens is 2. The minimum absolute atomic E-state index is 0.203. The molecule has 1 aliphatic rings. The Bertz CT molecular complexity index is 674. The van der Waals surface area contributed by atoms with Crippen LogP contribution in [0, 0.1) is 11.6 Å². The number of rotatable bonds is 3. The van der Waals surface area contributed by atoms with Crippen LogP contribution in [-0.2, 0) is 12.8 Å². The predicted octanol–water partition coefficient (Wildman–Crippen LogP) is 4.01. The van der Waals surface area contributed by atoms with Crippen molar-refractivity contribution in [3.05, 3.63) is 56.8 Å². The SMILES string of the molecule is C[C@H](NC(=O)c1cc2c(s1)CCC2)c1ccc(F)cc1F. The molecule has 0 unspecified atom stereocenters. The van der Waals surface area contributed by atoms with Crippen LogP contribution in [0.15, 0.2) is 24.3 Å². The summed E-state index contributed by atoms with van der Waals surface area (Å²) in [5.41, 5.74) is 1.54. The molecule has 2 nitrogen and oxygen atoms in total. The molecule has 110 valence electrons. The van der Waals surface area contributed by atoms with Gasteiger partial charge in [0.25, 0.3) is 5.91 Å². The Morgan fingerprint density at radius 2 is 2.10 bits per heavy atom. The Morgan fingerprint density at radius 3 is 2.81 bits per heavy atom. The van der Waals surface area contributed by atoms with Gasteiger partial charge in [-0.3, -0.25) is 4.79 Å². The number of carbonyl (C=O) groups excluding carboxylic acids is 1. The predicted molar refractivity (Wildman–Crippen MR) is 78.6 cm³/mol. The zero-order chi connectivity index (χ0) is 15.0. The molecule has 1 heterocycles. The summed E-state index contributed by atoms with van der Waals surface area (Å²) in [5, 5.41) is 2.77. The Kier molecular flexibility index (Phi) is 3.76. The normalized spacial score (nSPS) is 14.8. The van der Waals surface area contributed by atoms with E-state index in [1.54, 1.807) is 6.92 Å². The fourth-order valence-corrected chi connectivity index (χ4v) is 3.80. The number of amides is 1. The van der Waals surface area contributed by atoms with Gasteiger partial charge in [0.2, 0.25) is 0 Å². The highest BCUT2D eigenvalue weighted by molar-refractivity contribution is 7.14. The summed E-state index contributed by atoms with van der Waals surface area (Å²) in [6.07, 6.45) is 3.22. The summed E-state index contributed by atoms with van der Waals surface area (Å²) in [7, 11) is 0. The third-order valence-corrected chi connectivity index (χ3v) is 4.98. The molecule has 0 radical (unpaired) electrons. The second kappa shape index (κ2) is 5.56. The van der Waals surface area contributed by atoms with E-state index in [0.717, 1.165) is 25.3 Å². The van der Waals surface area contributed by atoms with E-state index in [9.17, 15) is 13.6 Å². The Balaban J connectivity index is 1.74. The smallest absolute Gasteiger partial charge is 0.261 e. The third-order valence-electron chi connectivity index (χ3n) is 3.75. The first kappa shape index (κ1) is 14.2. The molecule has 21 heavy (non-hydrogen) atoms. The topological polar surface area (TPSA) is 29.1 Å². The summed E-state index contributed by atoms with van der Waals surface area (Å²) >= 11 is 1.51. The molecule has 0 aliphatic heterocycles.